The number of ether oxygens (including phenoxy) is 1. The number of thiazole rings is 1. The van der Waals surface area contributed by atoms with E-state index in [1.54, 1.807) is 23.2 Å². The first-order chi connectivity index (χ1) is 11.8. The summed E-state index contributed by atoms with van der Waals surface area (Å²) in [6, 6.07) is 3.40. The van der Waals surface area contributed by atoms with Gasteiger partial charge < -0.3 is 9.64 Å². The molecule has 0 aromatic carbocycles. The molecule has 3 rings (SSSR count). The molecule has 1 aliphatic rings. The Morgan fingerprint density at radius 3 is 2.84 bits per heavy atom. The van der Waals surface area contributed by atoms with Gasteiger partial charge >= 0.3 is 6.09 Å². The standard InChI is InChI=1S/C17H20N4O3S/c1-17(2,3)24-16(23)21-8-6-12-13(10-21)25-15(19-12)20-14(22)11-5-4-7-18-9-11/h4-5,7,9H,6,8,10H2,1-3H3,(H,19,20,22). The van der Waals surface area contributed by atoms with E-state index in [1.165, 1.54) is 17.5 Å². The molecule has 132 valence electrons. The molecule has 0 fully saturated rings. The van der Waals surface area contributed by atoms with E-state index in [-0.39, 0.29) is 12.0 Å². The van der Waals surface area contributed by atoms with Crippen LogP contribution in [0.4, 0.5) is 9.93 Å². The van der Waals surface area contributed by atoms with Crippen molar-refractivity contribution in [2.75, 3.05) is 11.9 Å². The van der Waals surface area contributed by atoms with Gasteiger partial charge in [-0.2, -0.15) is 0 Å². The van der Waals surface area contributed by atoms with Gasteiger partial charge in [0.2, 0.25) is 0 Å². The van der Waals surface area contributed by atoms with Crippen molar-refractivity contribution in [3.05, 3.63) is 40.7 Å². The first kappa shape index (κ1) is 17.3. The third kappa shape index (κ3) is 4.33. The number of pyridine rings is 1. The molecule has 0 aliphatic carbocycles. The van der Waals surface area contributed by atoms with Crippen molar-refractivity contribution >= 4 is 28.5 Å². The number of rotatable bonds is 2. The molecule has 0 unspecified atom stereocenters. The summed E-state index contributed by atoms with van der Waals surface area (Å²) in [4.78, 5) is 35.4. The van der Waals surface area contributed by atoms with Crippen molar-refractivity contribution < 1.29 is 14.3 Å². The van der Waals surface area contributed by atoms with Gasteiger partial charge in [0, 0.05) is 30.2 Å². The summed E-state index contributed by atoms with van der Waals surface area (Å²) in [6.45, 7) is 6.55. The lowest BCUT2D eigenvalue weighted by Gasteiger charge is -2.29. The number of nitrogens with zero attached hydrogens (tertiary/aromatic N) is 3. The maximum Gasteiger partial charge on any atom is 0.410 e. The minimum Gasteiger partial charge on any atom is -0.444 e. The number of amides is 2. The van der Waals surface area contributed by atoms with Gasteiger partial charge in [-0.3, -0.25) is 15.1 Å². The zero-order chi connectivity index (χ0) is 18.0. The number of aromatic nitrogens is 2. The summed E-state index contributed by atoms with van der Waals surface area (Å²) >= 11 is 1.38. The highest BCUT2D eigenvalue weighted by molar-refractivity contribution is 7.15. The quantitative estimate of drug-likeness (QED) is 0.890. The van der Waals surface area contributed by atoms with Crippen LogP contribution in [0.1, 0.15) is 41.7 Å². The van der Waals surface area contributed by atoms with Crippen molar-refractivity contribution in [2.45, 2.75) is 39.3 Å². The van der Waals surface area contributed by atoms with Gasteiger partial charge in [-0.15, -0.1) is 0 Å². The minimum atomic E-state index is -0.520. The van der Waals surface area contributed by atoms with Crippen LogP contribution in [0.25, 0.3) is 0 Å². The van der Waals surface area contributed by atoms with E-state index in [2.05, 4.69) is 15.3 Å². The van der Waals surface area contributed by atoms with Crippen molar-refractivity contribution in [2.24, 2.45) is 0 Å². The van der Waals surface area contributed by atoms with Crippen LogP contribution in [0.3, 0.4) is 0 Å². The molecular formula is C17H20N4O3S. The summed E-state index contributed by atoms with van der Waals surface area (Å²) < 4.78 is 5.42. The maximum absolute atomic E-state index is 12.2. The molecule has 1 N–H and O–H groups in total. The number of carbonyl (C=O) groups is 2. The molecule has 0 saturated heterocycles. The molecule has 0 radical (unpaired) electrons. The van der Waals surface area contributed by atoms with Crippen LogP contribution in [0.2, 0.25) is 0 Å². The monoisotopic (exact) mass is 360 g/mol. The molecule has 25 heavy (non-hydrogen) atoms. The molecule has 1 aliphatic heterocycles. The number of hydrogen-bond acceptors (Lipinski definition) is 6. The van der Waals surface area contributed by atoms with Crippen LogP contribution >= 0.6 is 11.3 Å². The van der Waals surface area contributed by atoms with Gasteiger partial charge in [0.25, 0.3) is 5.91 Å². The lowest BCUT2D eigenvalue weighted by molar-refractivity contribution is 0.0225. The largest absolute Gasteiger partial charge is 0.444 e. The topological polar surface area (TPSA) is 84.4 Å². The summed E-state index contributed by atoms with van der Waals surface area (Å²) in [5.41, 5.74) is 0.880. The van der Waals surface area contributed by atoms with Gasteiger partial charge in [0.15, 0.2) is 5.13 Å². The SMILES string of the molecule is CC(C)(C)OC(=O)N1CCc2nc(NC(=O)c3cccnc3)sc2C1. The molecule has 0 atom stereocenters. The predicted octanol–water partition coefficient (Wildman–Crippen LogP) is 3.08. The first-order valence-electron chi connectivity index (χ1n) is 8.00. The lowest BCUT2D eigenvalue weighted by atomic mass is 10.2. The summed E-state index contributed by atoms with van der Waals surface area (Å²) in [7, 11) is 0. The number of carbonyl (C=O) groups excluding carboxylic acids is 2. The highest BCUT2D eigenvalue weighted by Gasteiger charge is 2.28. The second-order valence-electron chi connectivity index (χ2n) is 6.74. The zero-order valence-electron chi connectivity index (χ0n) is 14.4. The van der Waals surface area contributed by atoms with Crippen molar-refractivity contribution in [1.82, 2.24) is 14.9 Å². The van der Waals surface area contributed by atoms with Crippen LogP contribution in [-0.4, -0.2) is 39.0 Å². The van der Waals surface area contributed by atoms with Crippen LogP contribution in [0, 0.1) is 0 Å². The third-order valence-corrected chi connectivity index (χ3v) is 4.52. The number of nitrogens with one attached hydrogen (secondary N) is 1. The van der Waals surface area contributed by atoms with Gasteiger partial charge in [0.1, 0.15) is 5.60 Å². The fourth-order valence-corrected chi connectivity index (χ4v) is 3.42. The molecule has 8 heteroatoms. The van der Waals surface area contributed by atoms with Gasteiger partial charge in [-0.1, -0.05) is 11.3 Å². The second kappa shape index (κ2) is 6.79. The molecule has 7 nitrogen and oxygen atoms in total. The third-order valence-electron chi connectivity index (χ3n) is 3.53. The second-order valence-corrected chi connectivity index (χ2v) is 7.82. The van der Waals surface area contributed by atoms with Crippen LogP contribution in [0.15, 0.2) is 24.5 Å². The Kier molecular flexibility index (Phi) is 4.71. The van der Waals surface area contributed by atoms with E-state index in [0.29, 0.717) is 30.2 Å². The molecule has 0 saturated carbocycles. The Labute approximate surface area is 150 Å². The predicted molar refractivity (Wildman–Crippen MR) is 94.7 cm³/mol. The van der Waals surface area contributed by atoms with Gasteiger partial charge in [-0.05, 0) is 32.9 Å². The van der Waals surface area contributed by atoms with E-state index in [1.807, 2.05) is 20.8 Å². The summed E-state index contributed by atoms with van der Waals surface area (Å²) in [5.74, 6) is -0.247. The Morgan fingerprint density at radius 1 is 1.36 bits per heavy atom. The number of hydrogen-bond donors (Lipinski definition) is 1. The zero-order valence-corrected chi connectivity index (χ0v) is 15.2. The molecular weight excluding hydrogens is 340 g/mol. The van der Waals surface area contributed by atoms with Crippen molar-refractivity contribution in [3.63, 3.8) is 0 Å². The van der Waals surface area contributed by atoms with Crippen LogP contribution in [0.5, 0.6) is 0 Å². The molecule has 0 spiro atoms. The lowest BCUT2D eigenvalue weighted by Crippen LogP contribution is -2.39. The van der Waals surface area contributed by atoms with E-state index >= 15 is 0 Å². The van der Waals surface area contributed by atoms with Gasteiger partial charge in [-0.25, -0.2) is 9.78 Å². The van der Waals surface area contributed by atoms with E-state index < -0.39 is 5.60 Å². The first-order valence-corrected chi connectivity index (χ1v) is 8.81. The molecule has 2 aromatic rings. The Bertz CT molecular complexity index is 783. The average Bonchev–Trinajstić information content (AvgIpc) is 2.95. The summed E-state index contributed by atoms with van der Waals surface area (Å²) in [6.07, 6.45) is 3.44. The molecule has 0 bridgehead atoms. The highest BCUT2D eigenvalue weighted by Crippen LogP contribution is 2.29. The molecule has 3 heterocycles. The normalized spacial score (nSPS) is 14.0. The Morgan fingerprint density at radius 2 is 2.16 bits per heavy atom. The fourth-order valence-electron chi connectivity index (χ4n) is 2.40. The molecule has 2 amide bonds. The number of fused-ring (bicyclic) bond motifs is 1. The Balaban J connectivity index is 1.67. The van der Waals surface area contributed by atoms with Crippen LogP contribution in [-0.2, 0) is 17.7 Å². The maximum atomic E-state index is 12.2. The number of anilines is 1. The minimum absolute atomic E-state index is 0.247. The Hall–Kier alpha value is -2.48. The van der Waals surface area contributed by atoms with Crippen molar-refractivity contribution in [1.29, 1.82) is 0 Å². The van der Waals surface area contributed by atoms with E-state index in [0.717, 1.165) is 10.6 Å². The van der Waals surface area contributed by atoms with Crippen molar-refractivity contribution in [3.8, 4) is 0 Å². The smallest absolute Gasteiger partial charge is 0.410 e. The van der Waals surface area contributed by atoms with Crippen LogP contribution < -0.4 is 5.32 Å². The van der Waals surface area contributed by atoms with E-state index in [9.17, 15) is 9.59 Å². The molecule has 2 aromatic heterocycles. The van der Waals surface area contributed by atoms with E-state index in [4.69, 9.17) is 4.74 Å². The van der Waals surface area contributed by atoms with Gasteiger partial charge in [0.05, 0.1) is 17.8 Å². The fraction of sp³-hybridized carbons (Fsp3) is 0.412. The highest BCUT2D eigenvalue weighted by atomic mass is 32.1. The summed E-state index contributed by atoms with van der Waals surface area (Å²) in [5, 5.41) is 3.32. The average molecular weight is 360 g/mol.